The van der Waals surface area contributed by atoms with E-state index in [2.05, 4.69) is 10.3 Å². The van der Waals surface area contributed by atoms with Gasteiger partial charge in [-0.05, 0) is 23.6 Å². The molecule has 0 atom stereocenters. The lowest BCUT2D eigenvalue weighted by Gasteiger charge is -2.07. The first kappa shape index (κ1) is 16.3. The fraction of sp³-hybridized carbons (Fsp3) is 0.0667. The van der Waals surface area contributed by atoms with Crippen molar-refractivity contribution in [3.8, 4) is 16.3 Å². The summed E-state index contributed by atoms with van der Waals surface area (Å²) in [6, 6.07) is 8.77. The normalized spacial score (nSPS) is 10.5. The van der Waals surface area contributed by atoms with Gasteiger partial charge in [0.25, 0.3) is 5.91 Å². The Labute approximate surface area is 150 Å². The van der Waals surface area contributed by atoms with Crippen LogP contribution in [0.2, 0.25) is 10.0 Å². The molecule has 0 saturated heterocycles. The molecule has 8 heteroatoms. The standard InChI is InChI=1S/C15H10Cl2N2O2S2/c16-9-3-4-10(17)12(6-9)21-7-14(20)19-15-18-11(8-23-15)13-2-1-5-22-13/h1-6,8H,7H2,(H,18,19,20). The van der Waals surface area contributed by atoms with Crippen molar-refractivity contribution in [3.63, 3.8) is 0 Å². The Morgan fingerprint density at radius 3 is 2.91 bits per heavy atom. The van der Waals surface area contributed by atoms with E-state index in [0.717, 1.165) is 10.6 Å². The SMILES string of the molecule is O=C(COc1cc(Cl)ccc1Cl)Nc1nc(-c2cccs2)cs1. The van der Waals surface area contributed by atoms with Crippen LogP contribution in [0.3, 0.4) is 0 Å². The molecule has 1 amide bonds. The summed E-state index contributed by atoms with van der Waals surface area (Å²) in [6.45, 7) is -0.173. The first-order valence-electron chi connectivity index (χ1n) is 6.49. The van der Waals surface area contributed by atoms with Crippen LogP contribution in [0.15, 0.2) is 41.1 Å². The minimum atomic E-state index is -0.312. The molecule has 2 heterocycles. The van der Waals surface area contributed by atoms with Crippen molar-refractivity contribution < 1.29 is 9.53 Å². The number of hydrogen-bond acceptors (Lipinski definition) is 5. The smallest absolute Gasteiger partial charge is 0.264 e. The lowest BCUT2D eigenvalue weighted by molar-refractivity contribution is -0.118. The molecule has 118 valence electrons. The zero-order chi connectivity index (χ0) is 16.2. The van der Waals surface area contributed by atoms with Crippen molar-refractivity contribution in [1.29, 1.82) is 0 Å². The van der Waals surface area contributed by atoms with E-state index >= 15 is 0 Å². The van der Waals surface area contributed by atoms with Gasteiger partial charge in [0.2, 0.25) is 0 Å². The largest absolute Gasteiger partial charge is 0.482 e. The zero-order valence-corrected chi connectivity index (χ0v) is 14.7. The van der Waals surface area contributed by atoms with Gasteiger partial charge in [0.15, 0.2) is 11.7 Å². The maximum Gasteiger partial charge on any atom is 0.264 e. The van der Waals surface area contributed by atoms with Crippen LogP contribution in [0, 0.1) is 0 Å². The highest BCUT2D eigenvalue weighted by molar-refractivity contribution is 7.16. The van der Waals surface area contributed by atoms with Gasteiger partial charge in [-0.25, -0.2) is 4.98 Å². The molecule has 4 nitrogen and oxygen atoms in total. The second kappa shape index (κ2) is 7.31. The molecule has 0 saturated carbocycles. The third kappa shape index (κ3) is 4.23. The third-order valence-electron chi connectivity index (χ3n) is 2.78. The molecule has 0 radical (unpaired) electrons. The highest BCUT2D eigenvalue weighted by Gasteiger charge is 2.10. The van der Waals surface area contributed by atoms with Crippen molar-refractivity contribution in [2.24, 2.45) is 0 Å². The topological polar surface area (TPSA) is 51.2 Å². The zero-order valence-electron chi connectivity index (χ0n) is 11.6. The summed E-state index contributed by atoms with van der Waals surface area (Å²) in [4.78, 5) is 17.4. The molecule has 3 aromatic rings. The summed E-state index contributed by atoms with van der Waals surface area (Å²) in [5.41, 5.74) is 0.846. The predicted molar refractivity (Wildman–Crippen MR) is 96.0 cm³/mol. The van der Waals surface area contributed by atoms with Gasteiger partial charge < -0.3 is 4.74 Å². The molecular weight excluding hydrogens is 375 g/mol. The molecule has 0 spiro atoms. The van der Waals surface area contributed by atoms with Gasteiger partial charge in [-0.1, -0.05) is 29.3 Å². The number of carbonyl (C=O) groups excluding carboxylic acids is 1. The fourth-order valence-electron chi connectivity index (χ4n) is 1.76. The highest BCUT2D eigenvalue weighted by Crippen LogP contribution is 2.29. The van der Waals surface area contributed by atoms with Crippen molar-refractivity contribution in [2.45, 2.75) is 0 Å². The molecule has 1 aromatic carbocycles. The van der Waals surface area contributed by atoms with Gasteiger partial charge in [-0.2, -0.15) is 0 Å². The van der Waals surface area contributed by atoms with Crippen LogP contribution in [-0.2, 0) is 4.79 Å². The van der Waals surface area contributed by atoms with E-state index in [1.807, 2.05) is 22.9 Å². The molecule has 0 aliphatic carbocycles. The molecule has 0 fully saturated rings. The summed E-state index contributed by atoms with van der Waals surface area (Å²) in [6.07, 6.45) is 0. The van der Waals surface area contributed by atoms with E-state index in [1.165, 1.54) is 11.3 Å². The van der Waals surface area contributed by atoms with E-state index in [-0.39, 0.29) is 12.5 Å². The molecule has 23 heavy (non-hydrogen) atoms. The Bertz CT molecular complexity index is 819. The van der Waals surface area contributed by atoms with Crippen LogP contribution >= 0.6 is 45.9 Å². The van der Waals surface area contributed by atoms with Gasteiger partial charge in [0, 0.05) is 16.5 Å². The van der Waals surface area contributed by atoms with Crippen molar-refractivity contribution in [3.05, 3.63) is 51.1 Å². The second-order valence-electron chi connectivity index (χ2n) is 4.43. The molecule has 0 bridgehead atoms. The molecule has 0 aliphatic heterocycles. The number of thiazole rings is 1. The van der Waals surface area contributed by atoms with E-state index in [4.69, 9.17) is 27.9 Å². The first-order chi connectivity index (χ1) is 11.1. The fourth-order valence-corrected chi connectivity index (χ4v) is 3.58. The highest BCUT2D eigenvalue weighted by atomic mass is 35.5. The summed E-state index contributed by atoms with van der Waals surface area (Å²) >= 11 is 14.8. The second-order valence-corrected chi connectivity index (χ2v) is 7.08. The number of anilines is 1. The Kier molecular flexibility index (Phi) is 5.17. The number of hydrogen-bond donors (Lipinski definition) is 1. The summed E-state index contributed by atoms with van der Waals surface area (Å²) in [7, 11) is 0. The van der Waals surface area contributed by atoms with Gasteiger partial charge >= 0.3 is 0 Å². The summed E-state index contributed by atoms with van der Waals surface area (Å²) < 4.78 is 5.38. The maximum atomic E-state index is 11.9. The van der Waals surface area contributed by atoms with E-state index in [1.54, 1.807) is 29.5 Å². The lowest BCUT2D eigenvalue weighted by atomic mass is 10.3. The Hall–Kier alpha value is -1.60. The predicted octanol–water partition coefficient (Wildman–Crippen LogP) is 5.20. The van der Waals surface area contributed by atoms with E-state index < -0.39 is 0 Å². The van der Waals surface area contributed by atoms with Crippen molar-refractivity contribution in [2.75, 3.05) is 11.9 Å². The Morgan fingerprint density at radius 2 is 2.13 bits per heavy atom. The number of halogens is 2. The average Bonchev–Trinajstić information content (AvgIpc) is 3.19. The Morgan fingerprint density at radius 1 is 1.26 bits per heavy atom. The van der Waals surface area contributed by atoms with Gasteiger partial charge in [0.1, 0.15) is 5.75 Å². The number of thiophene rings is 1. The number of amides is 1. The first-order valence-corrected chi connectivity index (χ1v) is 9.00. The van der Waals surface area contributed by atoms with Crippen LogP contribution in [0.25, 0.3) is 10.6 Å². The number of ether oxygens (including phenoxy) is 1. The van der Waals surface area contributed by atoms with Crippen LogP contribution in [0.4, 0.5) is 5.13 Å². The minimum Gasteiger partial charge on any atom is -0.482 e. The maximum absolute atomic E-state index is 11.9. The molecule has 0 unspecified atom stereocenters. The lowest BCUT2D eigenvalue weighted by Crippen LogP contribution is -2.20. The quantitative estimate of drug-likeness (QED) is 0.657. The summed E-state index contributed by atoms with van der Waals surface area (Å²) in [5.74, 6) is 0.0563. The Balaban J connectivity index is 1.58. The number of carbonyl (C=O) groups is 1. The van der Waals surface area contributed by atoms with E-state index in [9.17, 15) is 4.79 Å². The van der Waals surface area contributed by atoms with Gasteiger partial charge in [-0.15, -0.1) is 22.7 Å². The number of aromatic nitrogens is 1. The molecule has 0 aliphatic rings. The molecule has 3 rings (SSSR count). The van der Waals surface area contributed by atoms with Crippen LogP contribution in [0.5, 0.6) is 5.75 Å². The molecule has 2 aromatic heterocycles. The number of benzene rings is 1. The van der Waals surface area contributed by atoms with E-state index in [0.29, 0.717) is 20.9 Å². The van der Waals surface area contributed by atoms with Gasteiger partial charge in [0.05, 0.1) is 15.6 Å². The number of nitrogens with zero attached hydrogens (tertiary/aromatic N) is 1. The monoisotopic (exact) mass is 384 g/mol. The number of rotatable bonds is 5. The van der Waals surface area contributed by atoms with Crippen LogP contribution in [-0.4, -0.2) is 17.5 Å². The van der Waals surface area contributed by atoms with Gasteiger partial charge in [-0.3, -0.25) is 10.1 Å². The molecular formula is C15H10Cl2N2O2S2. The van der Waals surface area contributed by atoms with Crippen molar-refractivity contribution in [1.82, 2.24) is 4.98 Å². The third-order valence-corrected chi connectivity index (χ3v) is 4.97. The molecule has 1 N–H and O–H groups in total. The summed E-state index contributed by atoms with van der Waals surface area (Å²) in [5, 5.41) is 8.00. The van der Waals surface area contributed by atoms with Crippen LogP contribution in [0.1, 0.15) is 0 Å². The number of nitrogens with one attached hydrogen (secondary N) is 1. The minimum absolute atomic E-state index is 0.173. The van der Waals surface area contributed by atoms with Crippen molar-refractivity contribution >= 4 is 56.9 Å². The van der Waals surface area contributed by atoms with Crippen LogP contribution < -0.4 is 10.1 Å². The average molecular weight is 385 g/mol.